The largest absolute Gasteiger partial charge is 0.396 e. The second-order valence-corrected chi connectivity index (χ2v) is 5.44. The van der Waals surface area contributed by atoms with Crippen molar-refractivity contribution < 1.29 is 9.90 Å². The highest BCUT2D eigenvalue weighted by Crippen LogP contribution is 2.30. The van der Waals surface area contributed by atoms with Gasteiger partial charge in [0.2, 0.25) is 0 Å². The number of carbonyl (C=O) groups excluding carboxylic acids is 1. The van der Waals surface area contributed by atoms with E-state index in [1.165, 1.54) is 16.9 Å². The second kappa shape index (κ2) is 4.97. The van der Waals surface area contributed by atoms with E-state index in [-0.39, 0.29) is 18.6 Å². The summed E-state index contributed by atoms with van der Waals surface area (Å²) in [5.74, 6) is 0.000324. The second-order valence-electron chi connectivity index (χ2n) is 4.30. The monoisotopic (exact) mass is 239 g/mol. The van der Waals surface area contributed by atoms with Gasteiger partial charge in [-0.1, -0.05) is 0 Å². The Kier molecular flexibility index (Phi) is 3.61. The highest BCUT2D eigenvalue weighted by Gasteiger charge is 2.19. The van der Waals surface area contributed by atoms with Gasteiger partial charge in [-0.05, 0) is 44.2 Å². The molecule has 0 aliphatic heterocycles. The van der Waals surface area contributed by atoms with Gasteiger partial charge in [0, 0.05) is 17.5 Å². The molecule has 4 heteroatoms. The lowest BCUT2D eigenvalue weighted by Crippen LogP contribution is -2.32. The smallest absolute Gasteiger partial charge is 0.261 e. The van der Waals surface area contributed by atoms with Crippen molar-refractivity contribution in [3.8, 4) is 0 Å². The molecule has 1 atom stereocenters. The minimum atomic E-state index is 0.000324. The van der Waals surface area contributed by atoms with Gasteiger partial charge in [-0.2, -0.15) is 0 Å². The molecule has 0 spiro atoms. The normalized spacial score (nSPS) is 15.9. The third-order valence-electron chi connectivity index (χ3n) is 2.91. The molecule has 1 aromatic heterocycles. The first kappa shape index (κ1) is 11.6. The Bertz CT molecular complexity index is 365. The van der Waals surface area contributed by atoms with Crippen molar-refractivity contribution in [2.75, 3.05) is 6.61 Å². The lowest BCUT2D eigenvalue weighted by atomic mass is 10.2. The van der Waals surface area contributed by atoms with Gasteiger partial charge in [0.25, 0.3) is 5.91 Å². The average Bonchev–Trinajstić information content (AvgIpc) is 2.76. The van der Waals surface area contributed by atoms with E-state index in [0.29, 0.717) is 6.42 Å². The van der Waals surface area contributed by atoms with Crippen LogP contribution in [0.3, 0.4) is 0 Å². The zero-order valence-corrected chi connectivity index (χ0v) is 10.3. The van der Waals surface area contributed by atoms with Crippen LogP contribution in [0.4, 0.5) is 0 Å². The molecule has 1 aromatic rings. The van der Waals surface area contributed by atoms with Gasteiger partial charge in [-0.3, -0.25) is 4.79 Å². The Balaban J connectivity index is 1.98. The Morgan fingerprint density at radius 3 is 3.12 bits per heavy atom. The zero-order chi connectivity index (χ0) is 11.5. The Morgan fingerprint density at radius 2 is 2.44 bits per heavy atom. The average molecular weight is 239 g/mol. The van der Waals surface area contributed by atoms with Crippen LogP contribution in [0.2, 0.25) is 0 Å². The molecule has 1 aliphatic carbocycles. The lowest BCUT2D eigenvalue weighted by molar-refractivity contribution is 0.0938. The molecule has 0 saturated heterocycles. The number of carbonyl (C=O) groups is 1. The number of aliphatic hydroxyl groups is 1. The fraction of sp³-hybridized carbons (Fsp3) is 0.583. The fourth-order valence-corrected chi connectivity index (χ4v) is 3.16. The van der Waals surface area contributed by atoms with Crippen LogP contribution in [0.1, 0.15) is 39.9 Å². The van der Waals surface area contributed by atoms with Gasteiger partial charge in [-0.15, -0.1) is 11.3 Å². The van der Waals surface area contributed by atoms with Crippen LogP contribution in [-0.2, 0) is 12.8 Å². The fourth-order valence-electron chi connectivity index (χ4n) is 2.00. The maximum Gasteiger partial charge on any atom is 0.261 e. The summed E-state index contributed by atoms with van der Waals surface area (Å²) in [6.45, 7) is 2.03. The van der Waals surface area contributed by atoms with E-state index in [4.69, 9.17) is 5.11 Å². The molecule has 0 saturated carbocycles. The molecule has 16 heavy (non-hydrogen) atoms. The van der Waals surface area contributed by atoms with Crippen LogP contribution in [0.5, 0.6) is 0 Å². The number of hydrogen-bond donors (Lipinski definition) is 2. The summed E-state index contributed by atoms with van der Waals surface area (Å²) >= 11 is 1.62. The maximum absolute atomic E-state index is 11.9. The van der Waals surface area contributed by atoms with Crippen LogP contribution in [0, 0.1) is 0 Å². The summed E-state index contributed by atoms with van der Waals surface area (Å²) in [6, 6.07) is 2.06. The molecule has 1 heterocycles. The number of fused-ring (bicyclic) bond motifs is 1. The number of rotatable bonds is 4. The number of hydrogen-bond acceptors (Lipinski definition) is 3. The van der Waals surface area contributed by atoms with E-state index in [0.717, 1.165) is 17.7 Å². The molecule has 2 rings (SSSR count). The van der Waals surface area contributed by atoms with Crippen LogP contribution in [-0.4, -0.2) is 23.7 Å². The quantitative estimate of drug-likeness (QED) is 0.841. The van der Waals surface area contributed by atoms with Crippen molar-refractivity contribution in [3.05, 3.63) is 21.4 Å². The topological polar surface area (TPSA) is 49.3 Å². The van der Waals surface area contributed by atoms with E-state index in [1.54, 1.807) is 11.3 Å². The summed E-state index contributed by atoms with van der Waals surface area (Å²) in [5.41, 5.74) is 1.35. The van der Waals surface area contributed by atoms with Crippen LogP contribution < -0.4 is 5.32 Å². The third-order valence-corrected chi connectivity index (χ3v) is 4.15. The summed E-state index contributed by atoms with van der Waals surface area (Å²) in [6.07, 6.45) is 4.07. The standard InChI is InChI=1S/C12H17NO2S/c1-8(5-6-14)13-12(15)11-7-9-3-2-4-10(9)16-11/h7-8,14H,2-6H2,1H3,(H,13,15). The first-order chi connectivity index (χ1) is 7.70. The van der Waals surface area contributed by atoms with Gasteiger partial charge in [-0.25, -0.2) is 0 Å². The summed E-state index contributed by atoms with van der Waals surface area (Å²) in [5, 5.41) is 11.7. The zero-order valence-electron chi connectivity index (χ0n) is 9.45. The summed E-state index contributed by atoms with van der Waals surface area (Å²) in [4.78, 5) is 14.0. The number of aliphatic hydroxyl groups excluding tert-OH is 1. The van der Waals surface area contributed by atoms with E-state index in [1.807, 2.05) is 13.0 Å². The van der Waals surface area contributed by atoms with Crippen molar-refractivity contribution in [1.29, 1.82) is 0 Å². The predicted molar refractivity (Wildman–Crippen MR) is 65.0 cm³/mol. The van der Waals surface area contributed by atoms with Crippen molar-refractivity contribution in [2.24, 2.45) is 0 Å². The molecule has 0 radical (unpaired) electrons. The van der Waals surface area contributed by atoms with Crippen LogP contribution in [0.15, 0.2) is 6.07 Å². The van der Waals surface area contributed by atoms with Crippen molar-refractivity contribution in [2.45, 2.75) is 38.6 Å². The molecule has 1 amide bonds. The molecule has 0 aromatic carbocycles. The highest BCUT2D eigenvalue weighted by molar-refractivity contribution is 7.14. The number of nitrogens with one attached hydrogen (secondary N) is 1. The molecular formula is C12H17NO2S. The van der Waals surface area contributed by atoms with E-state index < -0.39 is 0 Å². The third kappa shape index (κ3) is 2.44. The molecule has 1 unspecified atom stereocenters. The van der Waals surface area contributed by atoms with Gasteiger partial charge < -0.3 is 10.4 Å². The van der Waals surface area contributed by atoms with E-state index in [9.17, 15) is 4.79 Å². The minimum Gasteiger partial charge on any atom is -0.396 e. The van der Waals surface area contributed by atoms with Gasteiger partial charge >= 0.3 is 0 Å². The molecule has 1 aliphatic rings. The highest BCUT2D eigenvalue weighted by atomic mass is 32.1. The molecular weight excluding hydrogens is 222 g/mol. The predicted octanol–water partition coefficient (Wildman–Crippen LogP) is 1.74. The molecule has 0 bridgehead atoms. The van der Waals surface area contributed by atoms with Crippen LogP contribution >= 0.6 is 11.3 Å². The molecule has 0 fully saturated rings. The Morgan fingerprint density at radius 1 is 1.62 bits per heavy atom. The number of aryl methyl sites for hydroxylation is 2. The van der Waals surface area contributed by atoms with E-state index in [2.05, 4.69) is 5.32 Å². The van der Waals surface area contributed by atoms with E-state index >= 15 is 0 Å². The lowest BCUT2D eigenvalue weighted by Gasteiger charge is -2.11. The van der Waals surface area contributed by atoms with Crippen molar-refractivity contribution in [1.82, 2.24) is 5.32 Å². The number of amides is 1. The van der Waals surface area contributed by atoms with Crippen molar-refractivity contribution in [3.63, 3.8) is 0 Å². The maximum atomic E-state index is 11.9. The first-order valence-corrected chi connectivity index (χ1v) is 6.55. The van der Waals surface area contributed by atoms with Gasteiger partial charge in [0.05, 0.1) is 4.88 Å². The molecule has 3 nitrogen and oxygen atoms in total. The molecule has 2 N–H and O–H groups in total. The van der Waals surface area contributed by atoms with Gasteiger partial charge in [0.1, 0.15) is 0 Å². The first-order valence-electron chi connectivity index (χ1n) is 5.74. The summed E-state index contributed by atoms with van der Waals surface area (Å²) < 4.78 is 0. The van der Waals surface area contributed by atoms with Gasteiger partial charge in [0.15, 0.2) is 0 Å². The Labute approximate surface area is 99.5 Å². The Hall–Kier alpha value is -0.870. The van der Waals surface area contributed by atoms with Crippen LogP contribution in [0.25, 0.3) is 0 Å². The minimum absolute atomic E-state index is 0.000324. The SMILES string of the molecule is CC(CCO)NC(=O)c1cc2c(s1)CCC2. The molecule has 88 valence electrons. The van der Waals surface area contributed by atoms with Crippen molar-refractivity contribution >= 4 is 17.2 Å². The summed E-state index contributed by atoms with van der Waals surface area (Å²) in [7, 11) is 0. The number of thiophene rings is 1.